The summed E-state index contributed by atoms with van der Waals surface area (Å²) in [6.45, 7) is 2.39. The summed E-state index contributed by atoms with van der Waals surface area (Å²) in [5, 5.41) is 0. The summed E-state index contributed by atoms with van der Waals surface area (Å²) in [5.74, 6) is 0. The summed E-state index contributed by atoms with van der Waals surface area (Å²) in [6, 6.07) is 1.62. The monoisotopic (exact) mass is 306 g/mol. The van der Waals surface area contributed by atoms with Crippen LogP contribution in [0.4, 0.5) is 13.2 Å². The van der Waals surface area contributed by atoms with Crippen LogP contribution in [0, 0.1) is 0 Å². The first-order chi connectivity index (χ1) is 9.21. The van der Waals surface area contributed by atoms with Gasteiger partial charge >= 0.3 is 6.18 Å². The number of pyridine rings is 1. The van der Waals surface area contributed by atoms with Crippen molar-refractivity contribution in [3.63, 3.8) is 0 Å². The predicted octanol–water partition coefficient (Wildman–Crippen LogP) is 2.44. The van der Waals surface area contributed by atoms with Crippen LogP contribution >= 0.6 is 0 Å². The molecule has 1 aliphatic rings. The highest BCUT2D eigenvalue weighted by Crippen LogP contribution is 2.28. The molecule has 0 bridgehead atoms. The summed E-state index contributed by atoms with van der Waals surface area (Å²) in [6.07, 6.45) is -1.28. The molecule has 1 aliphatic heterocycles. The zero-order valence-electron chi connectivity index (χ0n) is 10.7. The Labute approximate surface area is 115 Å². The van der Waals surface area contributed by atoms with Crippen molar-refractivity contribution in [2.24, 2.45) is 0 Å². The van der Waals surface area contributed by atoms with Crippen molar-refractivity contribution in [1.82, 2.24) is 9.29 Å². The fourth-order valence-electron chi connectivity index (χ4n) is 1.93. The summed E-state index contributed by atoms with van der Waals surface area (Å²) in [5.41, 5.74) is -0.189. The Hall–Kier alpha value is -1.41. The number of alkyl halides is 3. The first-order valence-electron chi connectivity index (χ1n) is 5.90. The van der Waals surface area contributed by atoms with Crippen molar-refractivity contribution in [3.05, 3.63) is 35.7 Å². The molecule has 0 spiro atoms. The molecule has 0 unspecified atom stereocenters. The molecule has 8 heteroatoms. The van der Waals surface area contributed by atoms with Gasteiger partial charge in [0, 0.05) is 19.3 Å². The Morgan fingerprint density at radius 1 is 1.30 bits per heavy atom. The van der Waals surface area contributed by atoms with Gasteiger partial charge in [0.1, 0.15) is 10.6 Å². The van der Waals surface area contributed by atoms with Crippen molar-refractivity contribution >= 4 is 10.0 Å². The van der Waals surface area contributed by atoms with Gasteiger partial charge < -0.3 is 0 Å². The third kappa shape index (κ3) is 3.01. The largest absolute Gasteiger partial charge is 0.433 e. The third-order valence-electron chi connectivity index (χ3n) is 2.96. The molecule has 0 N–H and O–H groups in total. The highest BCUT2D eigenvalue weighted by Gasteiger charge is 2.33. The van der Waals surface area contributed by atoms with Crippen LogP contribution in [0.5, 0.6) is 0 Å². The lowest BCUT2D eigenvalue weighted by atomic mass is 10.2. The molecule has 1 aromatic rings. The second kappa shape index (κ2) is 5.17. The number of hydrogen-bond donors (Lipinski definition) is 0. The molecule has 2 rings (SSSR count). The van der Waals surface area contributed by atoms with Crippen LogP contribution in [0.1, 0.15) is 19.0 Å². The second-order valence-corrected chi connectivity index (χ2v) is 6.49. The van der Waals surface area contributed by atoms with E-state index in [-0.39, 0.29) is 11.4 Å². The maximum absolute atomic E-state index is 12.4. The van der Waals surface area contributed by atoms with Gasteiger partial charge in [-0.25, -0.2) is 8.42 Å². The average Bonchev–Trinajstić information content (AvgIpc) is 2.38. The van der Waals surface area contributed by atoms with E-state index in [2.05, 4.69) is 4.98 Å². The molecular formula is C12H13F3N2O2S. The number of rotatable bonds is 2. The van der Waals surface area contributed by atoms with Crippen molar-refractivity contribution in [1.29, 1.82) is 0 Å². The summed E-state index contributed by atoms with van der Waals surface area (Å²) in [7, 11) is -3.79. The molecule has 0 atom stereocenters. The van der Waals surface area contributed by atoms with Crippen LogP contribution in [0.3, 0.4) is 0 Å². The van der Waals surface area contributed by atoms with E-state index < -0.39 is 21.9 Å². The van der Waals surface area contributed by atoms with E-state index in [9.17, 15) is 21.6 Å². The molecule has 0 fully saturated rings. The topological polar surface area (TPSA) is 50.3 Å². The fraction of sp³-hybridized carbons (Fsp3) is 0.417. The van der Waals surface area contributed by atoms with Crippen LogP contribution < -0.4 is 0 Å². The lowest BCUT2D eigenvalue weighted by molar-refractivity contribution is -0.141. The molecule has 1 aromatic heterocycles. The summed E-state index contributed by atoms with van der Waals surface area (Å²) in [4.78, 5) is 2.96. The lowest BCUT2D eigenvalue weighted by Gasteiger charge is -2.25. The second-order valence-electron chi connectivity index (χ2n) is 4.55. The van der Waals surface area contributed by atoms with E-state index in [0.29, 0.717) is 19.0 Å². The Morgan fingerprint density at radius 2 is 2.00 bits per heavy atom. The molecule has 20 heavy (non-hydrogen) atoms. The van der Waals surface area contributed by atoms with Gasteiger partial charge in [0.25, 0.3) is 0 Å². The Balaban J connectivity index is 2.29. The van der Waals surface area contributed by atoms with Gasteiger partial charge in [0.05, 0.1) is 0 Å². The van der Waals surface area contributed by atoms with Crippen LogP contribution in [0.2, 0.25) is 0 Å². The number of nitrogens with zero attached hydrogens (tertiary/aromatic N) is 2. The highest BCUT2D eigenvalue weighted by atomic mass is 32.2. The SMILES string of the molecule is CC1=CCCN(S(=O)(=O)c2ccc(C(F)(F)F)nc2)C1. The first-order valence-corrected chi connectivity index (χ1v) is 7.34. The summed E-state index contributed by atoms with van der Waals surface area (Å²) < 4.78 is 63.0. The number of hydrogen-bond acceptors (Lipinski definition) is 3. The number of halogens is 3. The Morgan fingerprint density at radius 3 is 2.50 bits per heavy atom. The summed E-state index contributed by atoms with van der Waals surface area (Å²) >= 11 is 0. The van der Waals surface area contributed by atoms with Gasteiger partial charge in [0.15, 0.2) is 0 Å². The lowest BCUT2D eigenvalue weighted by Crippen LogP contribution is -2.35. The van der Waals surface area contributed by atoms with Gasteiger partial charge in [-0.05, 0) is 25.5 Å². The van der Waals surface area contributed by atoms with E-state index in [0.717, 1.165) is 17.8 Å². The van der Waals surface area contributed by atoms with Crippen molar-refractivity contribution in [3.8, 4) is 0 Å². The Bertz CT molecular complexity index is 621. The third-order valence-corrected chi connectivity index (χ3v) is 4.79. The van der Waals surface area contributed by atoms with Gasteiger partial charge in [-0.2, -0.15) is 17.5 Å². The van der Waals surface area contributed by atoms with Gasteiger partial charge in [0.2, 0.25) is 10.0 Å². The van der Waals surface area contributed by atoms with Gasteiger partial charge in [-0.3, -0.25) is 4.98 Å². The smallest absolute Gasteiger partial charge is 0.250 e. The van der Waals surface area contributed by atoms with Crippen LogP contribution in [0.15, 0.2) is 34.9 Å². The normalized spacial score (nSPS) is 17.9. The van der Waals surface area contributed by atoms with Crippen LogP contribution in [-0.2, 0) is 16.2 Å². The zero-order chi connectivity index (χ0) is 15.0. The predicted molar refractivity (Wildman–Crippen MR) is 66.4 cm³/mol. The quantitative estimate of drug-likeness (QED) is 0.789. The van der Waals surface area contributed by atoms with Crippen LogP contribution in [0.25, 0.3) is 0 Å². The van der Waals surface area contributed by atoms with Crippen molar-refractivity contribution in [2.75, 3.05) is 13.1 Å². The molecular weight excluding hydrogens is 293 g/mol. The van der Waals surface area contributed by atoms with E-state index in [1.165, 1.54) is 4.31 Å². The molecule has 2 heterocycles. The minimum atomic E-state index is -4.58. The zero-order valence-corrected chi connectivity index (χ0v) is 11.5. The van der Waals surface area contributed by atoms with Crippen LogP contribution in [-0.4, -0.2) is 30.8 Å². The average molecular weight is 306 g/mol. The van der Waals surface area contributed by atoms with E-state index >= 15 is 0 Å². The molecule has 0 saturated carbocycles. The first kappa shape index (κ1) is 15.0. The molecule has 0 amide bonds. The van der Waals surface area contributed by atoms with E-state index in [1.54, 1.807) is 0 Å². The number of sulfonamides is 1. The molecule has 0 radical (unpaired) electrons. The molecule has 0 saturated heterocycles. The van der Waals surface area contributed by atoms with E-state index in [1.807, 2.05) is 13.0 Å². The number of aromatic nitrogens is 1. The molecule has 0 aromatic carbocycles. The minimum absolute atomic E-state index is 0.222. The minimum Gasteiger partial charge on any atom is -0.250 e. The maximum atomic E-state index is 12.4. The van der Waals surface area contributed by atoms with E-state index in [4.69, 9.17) is 0 Å². The standard InChI is InChI=1S/C12H13F3N2O2S/c1-9-3-2-6-17(8-9)20(18,19)10-4-5-11(16-7-10)12(13,14)15/h3-5,7H,2,6,8H2,1H3. The molecule has 110 valence electrons. The Kier molecular flexibility index (Phi) is 3.88. The molecule has 0 aliphatic carbocycles. The van der Waals surface area contributed by atoms with Crippen molar-refractivity contribution in [2.45, 2.75) is 24.4 Å². The molecule has 4 nitrogen and oxygen atoms in total. The van der Waals surface area contributed by atoms with Gasteiger partial charge in [-0.1, -0.05) is 11.6 Å². The van der Waals surface area contributed by atoms with Gasteiger partial charge in [-0.15, -0.1) is 0 Å². The highest BCUT2D eigenvalue weighted by molar-refractivity contribution is 7.89. The maximum Gasteiger partial charge on any atom is 0.433 e. The van der Waals surface area contributed by atoms with Crippen molar-refractivity contribution < 1.29 is 21.6 Å². The fourth-order valence-corrected chi connectivity index (χ4v) is 3.37.